The molecule has 1 atom stereocenters. The van der Waals surface area contributed by atoms with E-state index in [1.165, 1.54) is 22.3 Å². The van der Waals surface area contributed by atoms with Crippen molar-refractivity contribution in [3.05, 3.63) is 90.5 Å². The van der Waals surface area contributed by atoms with Crippen LogP contribution in [0.15, 0.2) is 84.9 Å². The molecule has 0 aliphatic carbocycles. The van der Waals surface area contributed by atoms with Crippen LogP contribution in [0.2, 0.25) is 0 Å². The van der Waals surface area contributed by atoms with Gasteiger partial charge in [0.15, 0.2) is 0 Å². The maximum Gasteiger partial charge on any atom is 0.145 e. The van der Waals surface area contributed by atoms with E-state index in [1.807, 2.05) is 6.07 Å². The second-order valence-electron chi connectivity index (χ2n) is 6.78. The highest BCUT2D eigenvalue weighted by atomic mass is 15.3. The predicted octanol–water partition coefficient (Wildman–Crippen LogP) is 5.76. The fourth-order valence-electron chi connectivity index (χ4n) is 4.01. The number of anilines is 1. The number of rotatable bonds is 3. The zero-order chi connectivity index (χ0) is 18.2. The normalized spacial score (nSPS) is 15.9. The van der Waals surface area contributed by atoms with Crippen LogP contribution in [-0.4, -0.2) is 16.1 Å². The van der Waals surface area contributed by atoms with E-state index >= 15 is 0 Å². The van der Waals surface area contributed by atoms with Gasteiger partial charge in [-0.1, -0.05) is 60.7 Å². The molecule has 0 bridgehead atoms. The molecule has 0 fully saturated rings. The summed E-state index contributed by atoms with van der Waals surface area (Å²) in [6.07, 6.45) is 4.58. The van der Waals surface area contributed by atoms with Gasteiger partial charge in [0.1, 0.15) is 12.0 Å². The van der Waals surface area contributed by atoms with E-state index in [4.69, 9.17) is 4.98 Å². The van der Waals surface area contributed by atoms with Gasteiger partial charge in [-0.2, -0.15) is 0 Å². The Morgan fingerprint density at radius 3 is 2.48 bits per heavy atom. The Morgan fingerprint density at radius 1 is 0.889 bits per heavy atom. The first-order chi connectivity index (χ1) is 13.4. The average molecular weight is 351 g/mol. The number of hydrogen-bond donors (Lipinski definition) is 0. The molecule has 0 spiro atoms. The minimum atomic E-state index is 0.0903. The molecule has 1 aliphatic heterocycles. The summed E-state index contributed by atoms with van der Waals surface area (Å²) < 4.78 is 2.36. The van der Waals surface area contributed by atoms with Gasteiger partial charge in [0, 0.05) is 17.8 Å². The SMILES string of the molecule is CCN1c2ccccc2-c2nc3ccccc3n2C1C=Cc1ccccc1. The number of fused-ring (bicyclic) bond motifs is 5. The minimum absolute atomic E-state index is 0.0903. The molecule has 5 rings (SSSR count). The van der Waals surface area contributed by atoms with Crippen LogP contribution in [-0.2, 0) is 0 Å². The van der Waals surface area contributed by atoms with Crippen molar-refractivity contribution >= 4 is 22.8 Å². The molecule has 3 aromatic carbocycles. The van der Waals surface area contributed by atoms with Crippen molar-refractivity contribution in [2.45, 2.75) is 13.1 Å². The molecular weight excluding hydrogens is 330 g/mol. The topological polar surface area (TPSA) is 21.1 Å². The van der Waals surface area contributed by atoms with Gasteiger partial charge in [-0.3, -0.25) is 4.57 Å². The van der Waals surface area contributed by atoms with Crippen LogP contribution in [0.5, 0.6) is 0 Å². The van der Waals surface area contributed by atoms with Crippen molar-refractivity contribution in [2.24, 2.45) is 0 Å². The number of para-hydroxylation sites is 3. The van der Waals surface area contributed by atoms with E-state index in [1.54, 1.807) is 0 Å². The molecule has 0 amide bonds. The lowest BCUT2D eigenvalue weighted by Crippen LogP contribution is -2.35. The Balaban J connectivity index is 1.74. The molecule has 0 saturated heterocycles. The van der Waals surface area contributed by atoms with Gasteiger partial charge in [0.25, 0.3) is 0 Å². The van der Waals surface area contributed by atoms with Crippen LogP contribution in [0, 0.1) is 0 Å². The molecule has 1 aliphatic rings. The largest absolute Gasteiger partial charge is 0.347 e. The smallest absolute Gasteiger partial charge is 0.145 e. The van der Waals surface area contributed by atoms with E-state index in [-0.39, 0.29) is 6.17 Å². The molecule has 4 aromatic rings. The fourth-order valence-corrected chi connectivity index (χ4v) is 4.01. The monoisotopic (exact) mass is 351 g/mol. The summed E-state index contributed by atoms with van der Waals surface area (Å²) in [6, 6.07) is 27.4. The minimum Gasteiger partial charge on any atom is -0.347 e. The molecule has 3 heteroatoms. The maximum atomic E-state index is 4.97. The molecule has 132 valence electrons. The molecule has 3 nitrogen and oxygen atoms in total. The Kier molecular flexibility index (Phi) is 3.79. The number of nitrogens with zero attached hydrogens (tertiary/aromatic N) is 3. The van der Waals surface area contributed by atoms with Crippen LogP contribution in [0.3, 0.4) is 0 Å². The highest BCUT2D eigenvalue weighted by Gasteiger charge is 2.30. The number of imidazole rings is 1. The lowest BCUT2D eigenvalue weighted by molar-refractivity contribution is 0.574. The fraction of sp³-hybridized carbons (Fsp3) is 0.125. The Morgan fingerprint density at radius 2 is 1.63 bits per heavy atom. The Bertz CT molecular complexity index is 1120. The van der Waals surface area contributed by atoms with Crippen molar-refractivity contribution in [2.75, 3.05) is 11.4 Å². The van der Waals surface area contributed by atoms with Crippen molar-refractivity contribution in [3.8, 4) is 11.4 Å². The first-order valence-electron chi connectivity index (χ1n) is 9.43. The van der Waals surface area contributed by atoms with Crippen LogP contribution in [0.25, 0.3) is 28.5 Å². The number of likely N-dealkylation sites (N-methyl/N-ethyl adjacent to an activating group) is 1. The van der Waals surface area contributed by atoms with E-state index in [2.05, 4.69) is 101 Å². The summed E-state index contributed by atoms with van der Waals surface area (Å²) >= 11 is 0. The molecule has 0 radical (unpaired) electrons. The van der Waals surface area contributed by atoms with Gasteiger partial charge in [0.2, 0.25) is 0 Å². The maximum absolute atomic E-state index is 4.97. The quantitative estimate of drug-likeness (QED) is 0.468. The van der Waals surface area contributed by atoms with Crippen molar-refractivity contribution in [1.29, 1.82) is 0 Å². The highest BCUT2D eigenvalue weighted by Crippen LogP contribution is 2.42. The lowest BCUT2D eigenvalue weighted by atomic mass is 10.1. The summed E-state index contributed by atoms with van der Waals surface area (Å²) in [4.78, 5) is 7.41. The van der Waals surface area contributed by atoms with Crippen LogP contribution >= 0.6 is 0 Å². The third-order valence-electron chi connectivity index (χ3n) is 5.24. The van der Waals surface area contributed by atoms with Gasteiger partial charge in [-0.05, 0) is 42.8 Å². The third kappa shape index (κ3) is 2.55. The predicted molar refractivity (Wildman–Crippen MR) is 113 cm³/mol. The highest BCUT2D eigenvalue weighted by molar-refractivity contribution is 5.87. The number of hydrogen-bond acceptors (Lipinski definition) is 2. The van der Waals surface area contributed by atoms with Crippen molar-refractivity contribution in [1.82, 2.24) is 9.55 Å². The molecule has 27 heavy (non-hydrogen) atoms. The first kappa shape index (κ1) is 15.9. The van der Waals surface area contributed by atoms with E-state index < -0.39 is 0 Å². The van der Waals surface area contributed by atoms with Gasteiger partial charge < -0.3 is 4.90 Å². The third-order valence-corrected chi connectivity index (χ3v) is 5.24. The summed E-state index contributed by atoms with van der Waals surface area (Å²) in [5.41, 5.74) is 5.85. The Hall–Kier alpha value is -3.33. The standard InChI is InChI=1S/C24H21N3/c1-2-26-21-14-8-6-12-19(21)24-25-20-13-7-9-15-22(20)27(24)23(26)17-16-18-10-4-3-5-11-18/h3-17,23H,2H2,1H3. The molecule has 0 saturated carbocycles. The van der Waals surface area contributed by atoms with Gasteiger partial charge in [-0.25, -0.2) is 4.98 Å². The average Bonchev–Trinajstić information content (AvgIpc) is 3.12. The molecular formula is C24H21N3. The zero-order valence-corrected chi connectivity index (χ0v) is 15.3. The first-order valence-corrected chi connectivity index (χ1v) is 9.43. The summed E-state index contributed by atoms with van der Waals surface area (Å²) in [7, 11) is 0. The van der Waals surface area contributed by atoms with Crippen LogP contribution < -0.4 is 4.90 Å². The van der Waals surface area contributed by atoms with Crippen molar-refractivity contribution in [3.63, 3.8) is 0 Å². The van der Waals surface area contributed by atoms with Gasteiger partial charge >= 0.3 is 0 Å². The number of benzene rings is 3. The molecule has 0 N–H and O–H groups in total. The molecule has 2 heterocycles. The summed E-state index contributed by atoms with van der Waals surface area (Å²) in [6.45, 7) is 3.14. The van der Waals surface area contributed by atoms with Gasteiger partial charge in [-0.15, -0.1) is 0 Å². The molecule has 1 aromatic heterocycles. The number of aromatic nitrogens is 2. The Labute approximate surface area is 159 Å². The second kappa shape index (κ2) is 6.44. The van der Waals surface area contributed by atoms with E-state index in [0.29, 0.717) is 0 Å². The summed E-state index contributed by atoms with van der Waals surface area (Å²) in [5.74, 6) is 1.04. The van der Waals surface area contributed by atoms with E-state index in [0.717, 1.165) is 17.9 Å². The van der Waals surface area contributed by atoms with Gasteiger partial charge in [0.05, 0.1) is 11.0 Å². The van der Waals surface area contributed by atoms with Crippen LogP contribution in [0.4, 0.5) is 5.69 Å². The van der Waals surface area contributed by atoms with Crippen LogP contribution in [0.1, 0.15) is 18.7 Å². The molecule has 1 unspecified atom stereocenters. The lowest BCUT2D eigenvalue weighted by Gasteiger charge is -2.38. The summed E-state index contributed by atoms with van der Waals surface area (Å²) in [5, 5.41) is 0. The zero-order valence-electron chi connectivity index (χ0n) is 15.3. The van der Waals surface area contributed by atoms with Crippen molar-refractivity contribution < 1.29 is 0 Å². The van der Waals surface area contributed by atoms with E-state index in [9.17, 15) is 0 Å². The second-order valence-corrected chi connectivity index (χ2v) is 6.78.